The molecule has 1 aromatic rings. The van der Waals surface area contributed by atoms with Crippen molar-refractivity contribution in [3.05, 3.63) is 30.2 Å². The van der Waals surface area contributed by atoms with E-state index in [4.69, 9.17) is 4.74 Å². The standard InChI is InChI=1S/C11H14N2O/c1-9-12-7-6-11(13-9)14-8-10-4-2-3-5-10/h2-3,6-7,10H,4-5,8H2,1H3. The quantitative estimate of drug-likeness (QED) is 0.685. The number of hydrogen-bond donors (Lipinski definition) is 0. The fourth-order valence-electron chi connectivity index (χ4n) is 1.53. The van der Waals surface area contributed by atoms with Gasteiger partial charge in [-0.25, -0.2) is 4.98 Å². The molecule has 1 aromatic heterocycles. The zero-order chi connectivity index (χ0) is 9.80. The molecule has 0 bridgehead atoms. The first kappa shape index (κ1) is 9.19. The summed E-state index contributed by atoms with van der Waals surface area (Å²) in [6.45, 7) is 2.62. The summed E-state index contributed by atoms with van der Waals surface area (Å²) in [5.74, 6) is 2.07. The zero-order valence-electron chi connectivity index (χ0n) is 8.31. The van der Waals surface area contributed by atoms with E-state index in [2.05, 4.69) is 22.1 Å². The summed E-state index contributed by atoms with van der Waals surface area (Å²) in [5, 5.41) is 0. The summed E-state index contributed by atoms with van der Waals surface area (Å²) in [6.07, 6.45) is 8.40. The van der Waals surface area contributed by atoms with Gasteiger partial charge in [-0.3, -0.25) is 0 Å². The van der Waals surface area contributed by atoms with Crippen LogP contribution < -0.4 is 4.74 Å². The summed E-state index contributed by atoms with van der Waals surface area (Å²) in [6, 6.07) is 1.80. The lowest BCUT2D eigenvalue weighted by molar-refractivity contribution is 0.246. The molecule has 0 atom stereocenters. The van der Waals surface area contributed by atoms with Gasteiger partial charge < -0.3 is 4.74 Å². The zero-order valence-corrected chi connectivity index (χ0v) is 8.31. The molecule has 0 amide bonds. The van der Waals surface area contributed by atoms with Crippen molar-refractivity contribution in [2.24, 2.45) is 5.92 Å². The highest BCUT2D eigenvalue weighted by molar-refractivity contribution is 5.08. The van der Waals surface area contributed by atoms with Crippen molar-refractivity contribution in [3.63, 3.8) is 0 Å². The smallest absolute Gasteiger partial charge is 0.216 e. The fraction of sp³-hybridized carbons (Fsp3) is 0.455. The van der Waals surface area contributed by atoms with Crippen molar-refractivity contribution < 1.29 is 4.74 Å². The highest BCUT2D eigenvalue weighted by atomic mass is 16.5. The Morgan fingerprint density at radius 1 is 1.43 bits per heavy atom. The minimum atomic E-state index is 0.630. The van der Waals surface area contributed by atoms with Gasteiger partial charge in [-0.05, 0) is 25.7 Å². The van der Waals surface area contributed by atoms with Crippen molar-refractivity contribution >= 4 is 0 Å². The summed E-state index contributed by atoms with van der Waals surface area (Å²) in [7, 11) is 0. The Balaban J connectivity index is 1.85. The van der Waals surface area contributed by atoms with Crippen LogP contribution in [0.4, 0.5) is 0 Å². The van der Waals surface area contributed by atoms with E-state index < -0.39 is 0 Å². The number of aromatic nitrogens is 2. The number of hydrogen-bond acceptors (Lipinski definition) is 3. The molecule has 1 aliphatic rings. The molecular formula is C11H14N2O. The molecule has 0 saturated heterocycles. The molecule has 0 spiro atoms. The second-order valence-electron chi connectivity index (χ2n) is 3.56. The van der Waals surface area contributed by atoms with Crippen LogP contribution in [0.1, 0.15) is 18.7 Å². The van der Waals surface area contributed by atoms with E-state index in [1.807, 2.05) is 6.92 Å². The SMILES string of the molecule is Cc1nccc(OCC2CC=CC2)n1. The number of rotatable bonds is 3. The Labute approximate surface area is 83.8 Å². The van der Waals surface area contributed by atoms with Crippen LogP contribution in [0.15, 0.2) is 24.4 Å². The maximum atomic E-state index is 5.58. The maximum absolute atomic E-state index is 5.58. The second kappa shape index (κ2) is 4.22. The average Bonchev–Trinajstić information content (AvgIpc) is 2.67. The molecule has 0 radical (unpaired) electrons. The topological polar surface area (TPSA) is 35.0 Å². The largest absolute Gasteiger partial charge is 0.477 e. The molecule has 14 heavy (non-hydrogen) atoms. The van der Waals surface area contributed by atoms with Crippen LogP contribution >= 0.6 is 0 Å². The van der Waals surface area contributed by atoms with Gasteiger partial charge in [-0.1, -0.05) is 12.2 Å². The molecule has 0 aliphatic heterocycles. The summed E-state index contributed by atoms with van der Waals surface area (Å²) in [4.78, 5) is 8.20. The first-order chi connectivity index (χ1) is 6.84. The summed E-state index contributed by atoms with van der Waals surface area (Å²) >= 11 is 0. The molecule has 74 valence electrons. The van der Waals surface area contributed by atoms with E-state index >= 15 is 0 Å². The van der Waals surface area contributed by atoms with Gasteiger partial charge in [-0.15, -0.1) is 0 Å². The van der Waals surface area contributed by atoms with E-state index in [0.717, 1.165) is 25.3 Å². The van der Waals surface area contributed by atoms with Gasteiger partial charge >= 0.3 is 0 Å². The van der Waals surface area contributed by atoms with Crippen LogP contribution in [0.5, 0.6) is 5.88 Å². The van der Waals surface area contributed by atoms with Crippen molar-refractivity contribution in [1.82, 2.24) is 9.97 Å². The van der Waals surface area contributed by atoms with Gasteiger partial charge in [0.1, 0.15) is 5.82 Å². The van der Waals surface area contributed by atoms with E-state index in [-0.39, 0.29) is 0 Å². The van der Waals surface area contributed by atoms with Crippen molar-refractivity contribution in [1.29, 1.82) is 0 Å². The molecule has 1 aliphatic carbocycles. The lowest BCUT2D eigenvalue weighted by Crippen LogP contribution is -2.09. The Kier molecular flexibility index (Phi) is 2.77. The number of ether oxygens (including phenoxy) is 1. The van der Waals surface area contributed by atoms with Crippen LogP contribution in [0, 0.1) is 12.8 Å². The molecule has 3 heteroatoms. The van der Waals surface area contributed by atoms with Crippen molar-refractivity contribution in [2.45, 2.75) is 19.8 Å². The molecule has 0 saturated carbocycles. The van der Waals surface area contributed by atoms with Gasteiger partial charge in [0.15, 0.2) is 0 Å². The normalized spacial score (nSPS) is 16.1. The Morgan fingerprint density at radius 3 is 2.93 bits per heavy atom. The third-order valence-corrected chi connectivity index (χ3v) is 2.32. The molecule has 3 nitrogen and oxygen atoms in total. The van der Waals surface area contributed by atoms with E-state index in [0.29, 0.717) is 11.8 Å². The lowest BCUT2D eigenvalue weighted by atomic mass is 10.1. The third-order valence-electron chi connectivity index (χ3n) is 2.32. The van der Waals surface area contributed by atoms with Gasteiger partial charge in [0, 0.05) is 12.3 Å². The summed E-state index contributed by atoms with van der Waals surface area (Å²) in [5.41, 5.74) is 0. The van der Waals surface area contributed by atoms with Crippen LogP contribution in [0.2, 0.25) is 0 Å². The Morgan fingerprint density at radius 2 is 2.21 bits per heavy atom. The van der Waals surface area contributed by atoms with E-state index in [1.165, 1.54) is 0 Å². The molecule has 0 N–H and O–H groups in total. The van der Waals surface area contributed by atoms with Crippen LogP contribution in [-0.4, -0.2) is 16.6 Å². The first-order valence-corrected chi connectivity index (χ1v) is 4.92. The highest BCUT2D eigenvalue weighted by Crippen LogP contribution is 2.18. The molecule has 0 unspecified atom stereocenters. The second-order valence-corrected chi connectivity index (χ2v) is 3.56. The van der Waals surface area contributed by atoms with Crippen molar-refractivity contribution in [2.75, 3.05) is 6.61 Å². The molecular weight excluding hydrogens is 176 g/mol. The number of aryl methyl sites for hydroxylation is 1. The summed E-state index contributed by atoms with van der Waals surface area (Å²) < 4.78 is 5.58. The predicted molar refractivity (Wildman–Crippen MR) is 54.1 cm³/mol. The predicted octanol–water partition coefficient (Wildman–Crippen LogP) is 2.13. The minimum Gasteiger partial charge on any atom is -0.477 e. The highest BCUT2D eigenvalue weighted by Gasteiger charge is 2.10. The molecule has 0 fully saturated rings. The van der Waals surface area contributed by atoms with Crippen molar-refractivity contribution in [3.8, 4) is 5.88 Å². The van der Waals surface area contributed by atoms with Crippen LogP contribution in [0.25, 0.3) is 0 Å². The van der Waals surface area contributed by atoms with E-state index in [9.17, 15) is 0 Å². The number of allylic oxidation sites excluding steroid dienone is 2. The van der Waals surface area contributed by atoms with Crippen LogP contribution in [-0.2, 0) is 0 Å². The minimum absolute atomic E-state index is 0.630. The fourth-order valence-corrected chi connectivity index (χ4v) is 1.53. The van der Waals surface area contributed by atoms with Gasteiger partial charge in [-0.2, -0.15) is 4.98 Å². The molecule has 2 rings (SSSR count). The van der Waals surface area contributed by atoms with E-state index in [1.54, 1.807) is 12.3 Å². The lowest BCUT2D eigenvalue weighted by Gasteiger charge is -2.10. The van der Waals surface area contributed by atoms with Gasteiger partial charge in [0.25, 0.3) is 0 Å². The molecule has 1 heterocycles. The Hall–Kier alpha value is -1.38. The maximum Gasteiger partial charge on any atom is 0.216 e. The van der Waals surface area contributed by atoms with Crippen LogP contribution in [0.3, 0.4) is 0 Å². The first-order valence-electron chi connectivity index (χ1n) is 4.92. The third kappa shape index (κ3) is 2.31. The molecule has 0 aromatic carbocycles. The number of nitrogens with zero attached hydrogens (tertiary/aromatic N) is 2. The van der Waals surface area contributed by atoms with Gasteiger partial charge in [0.05, 0.1) is 6.61 Å². The van der Waals surface area contributed by atoms with Gasteiger partial charge in [0.2, 0.25) is 5.88 Å². The monoisotopic (exact) mass is 190 g/mol. The average molecular weight is 190 g/mol. The Bertz CT molecular complexity index is 328.